The van der Waals surface area contributed by atoms with Gasteiger partial charge in [0, 0.05) is 25.9 Å². The van der Waals surface area contributed by atoms with Crippen LogP contribution in [0.25, 0.3) is 32.4 Å². The summed E-state index contributed by atoms with van der Waals surface area (Å²) in [7, 11) is 0. The number of hydrogen-bond acceptors (Lipinski definition) is 1. The van der Waals surface area contributed by atoms with Crippen molar-refractivity contribution in [2.45, 2.75) is 31.6 Å². The quantitative estimate of drug-likeness (QED) is 0.235. The van der Waals surface area contributed by atoms with Gasteiger partial charge in [0.1, 0.15) is 0 Å². The molecule has 180 valence electrons. The van der Waals surface area contributed by atoms with Crippen LogP contribution in [0.4, 0.5) is 26.3 Å². The molecule has 0 aliphatic heterocycles. The van der Waals surface area contributed by atoms with E-state index in [2.05, 4.69) is 0 Å². The number of benzene rings is 3. The third-order valence-corrected chi connectivity index (χ3v) is 7.72. The third kappa shape index (κ3) is 3.35. The molecule has 35 heavy (non-hydrogen) atoms. The van der Waals surface area contributed by atoms with Gasteiger partial charge in [-0.3, -0.25) is 0 Å². The minimum Gasteiger partial charge on any atom is -0.194 e. The summed E-state index contributed by atoms with van der Waals surface area (Å²) in [6, 6.07) is 17.2. The molecule has 0 spiro atoms. The predicted octanol–water partition coefficient (Wildman–Crippen LogP) is 9.67. The third-order valence-electron chi connectivity index (χ3n) is 6.37. The SMILES string of the molecule is Cc1ccc2ccccc2c1C1=C(c2cc(-c3ccc(Cl)cc3)sc2C)C(F)(F)C(F)(F)C1(F)F. The van der Waals surface area contributed by atoms with Crippen molar-refractivity contribution in [1.82, 2.24) is 0 Å². The van der Waals surface area contributed by atoms with Gasteiger partial charge in [-0.1, -0.05) is 60.1 Å². The number of aryl methyl sites for hydroxylation is 2. The standard InChI is InChI=1S/C27H17ClF6S/c1-14-7-8-16-5-3-4-6-19(16)22(14)24-23(25(29,30)27(33,34)26(24,31)32)20-13-21(35-15(20)2)17-9-11-18(28)12-10-17/h3-13H,1-2H3. The van der Waals surface area contributed by atoms with E-state index in [1.54, 1.807) is 48.5 Å². The Morgan fingerprint density at radius 1 is 0.743 bits per heavy atom. The predicted molar refractivity (Wildman–Crippen MR) is 130 cm³/mol. The summed E-state index contributed by atoms with van der Waals surface area (Å²) < 4.78 is 91.3. The molecular formula is C27H17ClF6S. The van der Waals surface area contributed by atoms with Crippen LogP contribution in [0.1, 0.15) is 21.6 Å². The number of fused-ring (bicyclic) bond motifs is 1. The highest BCUT2D eigenvalue weighted by atomic mass is 35.5. The first-order valence-electron chi connectivity index (χ1n) is 10.6. The van der Waals surface area contributed by atoms with Crippen LogP contribution in [-0.2, 0) is 0 Å². The van der Waals surface area contributed by atoms with Gasteiger partial charge in [-0.15, -0.1) is 11.3 Å². The van der Waals surface area contributed by atoms with Crippen LogP contribution in [0.2, 0.25) is 5.02 Å². The van der Waals surface area contributed by atoms with Crippen LogP contribution in [0, 0.1) is 13.8 Å². The van der Waals surface area contributed by atoms with E-state index in [4.69, 9.17) is 11.6 Å². The van der Waals surface area contributed by atoms with Gasteiger partial charge in [0.2, 0.25) is 0 Å². The molecule has 0 bridgehead atoms. The molecule has 1 heterocycles. The van der Waals surface area contributed by atoms with E-state index in [1.165, 1.54) is 32.0 Å². The lowest BCUT2D eigenvalue weighted by Gasteiger charge is -2.26. The summed E-state index contributed by atoms with van der Waals surface area (Å²) in [5, 5.41) is 1.15. The Morgan fingerprint density at radius 2 is 1.37 bits per heavy atom. The maximum absolute atomic E-state index is 15.4. The van der Waals surface area contributed by atoms with Gasteiger partial charge in [-0.05, 0) is 65.1 Å². The average molecular weight is 523 g/mol. The van der Waals surface area contributed by atoms with Crippen LogP contribution in [-0.4, -0.2) is 17.8 Å². The van der Waals surface area contributed by atoms with Gasteiger partial charge in [-0.25, -0.2) is 0 Å². The van der Waals surface area contributed by atoms with Crippen molar-refractivity contribution in [3.63, 3.8) is 0 Å². The Labute approximate surface area is 206 Å². The summed E-state index contributed by atoms with van der Waals surface area (Å²) in [6.07, 6.45) is 0. The molecule has 0 atom stereocenters. The molecular weight excluding hydrogens is 506 g/mol. The molecule has 0 amide bonds. The van der Waals surface area contributed by atoms with E-state index in [0.717, 1.165) is 11.3 Å². The van der Waals surface area contributed by atoms with Gasteiger partial charge in [0.05, 0.1) is 0 Å². The molecule has 0 radical (unpaired) electrons. The van der Waals surface area contributed by atoms with Crippen LogP contribution < -0.4 is 0 Å². The van der Waals surface area contributed by atoms with Crippen molar-refractivity contribution in [1.29, 1.82) is 0 Å². The second kappa shape index (κ2) is 7.87. The molecule has 0 nitrogen and oxygen atoms in total. The van der Waals surface area contributed by atoms with Gasteiger partial charge >= 0.3 is 17.8 Å². The summed E-state index contributed by atoms with van der Waals surface area (Å²) in [5.74, 6) is -15.8. The second-order valence-corrected chi connectivity index (χ2v) is 10.2. The molecule has 1 aliphatic carbocycles. The fraction of sp³-hybridized carbons (Fsp3) is 0.185. The van der Waals surface area contributed by atoms with Crippen molar-refractivity contribution in [2.24, 2.45) is 0 Å². The highest BCUT2D eigenvalue weighted by Gasteiger charge is 2.80. The van der Waals surface area contributed by atoms with E-state index in [1.807, 2.05) is 0 Å². The molecule has 5 rings (SSSR count). The van der Waals surface area contributed by atoms with E-state index in [-0.39, 0.29) is 27.0 Å². The highest BCUT2D eigenvalue weighted by molar-refractivity contribution is 7.15. The minimum atomic E-state index is -5.61. The van der Waals surface area contributed by atoms with Crippen molar-refractivity contribution >= 4 is 44.9 Å². The first-order chi connectivity index (χ1) is 16.4. The van der Waals surface area contributed by atoms with Crippen molar-refractivity contribution < 1.29 is 26.3 Å². The lowest BCUT2D eigenvalue weighted by atomic mass is 9.88. The summed E-state index contributed by atoms with van der Waals surface area (Å²) in [6.45, 7) is 2.92. The van der Waals surface area contributed by atoms with E-state index >= 15 is 17.6 Å². The number of thiophene rings is 1. The topological polar surface area (TPSA) is 0 Å². The van der Waals surface area contributed by atoms with Crippen molar-refractivity contribution in [3.8, 4) is 10.4 Å². The van der Waals surface area contributed by atoms with Crippen LogP contribution in [0.5, 0.6) is 0 Å². The van der Waals surface area contributed by atoms with E-state index in [0.29, 0.717) is 20.8 Å². The largest absolute Gasteiger partial charge is 0.380 e. The maximum Gasteiger partial charge on any atom is 0.380 e. The number of allylic oxidation sites excluding steroid dienone is 2. The second-order valence-electron chi connectivity index (χ2n) is 8.54. The monoisotopic (exact) mass is 522 g/mol. The molecule has 0 fully saturated rings. The summed E-state index contributed by atoms with van der Waals surface area (Å²) >= 11 is 6.98. The Kier molecular flexibility index (Phi) is 5.38. The maximum atomic E-state index is 15.4. The van der Waals surface area contributed by atoms with Crippen LogP contribution in [0.15, 0.2) is 66.7 Å². The molecule has 8 heteroatoms. The lowest BCUT2D eigenvalue weighted by Crippen LogP contribution is -2.49. The number of halogens is 7. The number of rotatable bonds is 3. The summed E-state index contributed by atoms with van der Waals surface area (Å²) in [5.41, 5.74) is -2.46. The van der Waals surface area contributed by atoms with Gasteiger partial charge in [-0.2, -0.15) is 26.3 Å². The normalized spacial score (nSPS) is 18.4. The zero-order chi connectivity index (χ0) is 25.3. The molecule has 0 saturated carbocycles. The summed E-state index contributed by atoms with van der Waals surface area (Å²) in [4.78, 5) is 0.707. The Bertz CT molecular complexity index is 1500. The molecule has 0 saturated heterocycles. The molecule has 1 aliphatic rings. The first-order valence-corrected chi connectivity index (χ1v) is 11.8. The smallest absolute Gasteiger partial charge is 0.194 e. The Balaban J connectivity index is 1.88. The first kappa shape index (κ1) is 23.9. The van der Waals surface area contributed by atoms with Gasteiger partial charge < -0.3 is 0 Å². The molecule has 4 aromatic rings. The number of hydrogen-bond donors (Lipinski definition) is 0. The van der Waals surface area contributed by atoms with Crippen molar-refractivity contribution in [3.05, 3.63) is 93.3 Å². The highest BCUT2D eigenvalue weighted by Crippen LogP contribution is 2.66. The molecule has 0 N–H and O–H groups in total. The van der Waals surface area contributed by atoms with E-state index in [9.17, 15) is 8.78 Å². The van der Waals surface area contributed by atoms with Crippen molar-refractivity contribution in [2.75, 3.05) is 0 Å². The van der Waals surface area contributed by atoms with Crippen LogP contribution >= 0.6 is 22.9 Å². The molecule has 0 unspecified atom stereocenters. The average Bonchev–Trinajstić information content (AvgIpc) is 3.22. The van der Waals surface area contributed by atoms with Gasteiger partial charge in [0.15, 0.2) is 0 Å². The number of alkyl halides is 6. The lowest BCUT2D eigenvalue weighted by molar-refractivity contribution is -0.254. The zero-order valence-electron chi connectivity index (χ0n) is 18.4. The van der Waals surface area contributed by atoms with E-state index < -0.39 is 28.9 Å². The Morgan fingerprint density at radius 3 is 2.06 bits per heavy atom. The Hall–Kier alpha value is -2.77. The minimum absolute atomic E-state index is 0.204. The molecule has 3 aromatic carbocycles. The van der Waals surface area contributed by atoms with Crippen LogP contribution in [0.3, 0.4) is 0 Å². The molecule has 1 aromatic heterocycles. The zero-order valence-corrected chi connectivity index (χ0v) is 20.0. The van der Waals surface area contributed by atoms with Gasteiger partial charge in [0.25, 0.3) is 0 Å². The fourth-order valence-corrected chi connectivity index (χ4v) is 5.77. The fourth-order valence-electron chi connectivity index (χ4n) is 4.61.